The first-order chi connectivity index (χ1) is 20.6. The highest BCUT2D eigenvalue weighted by molar-refractivity contribution is 5.94. The van der Waals surface area contributed by atoms with Crippen LogP contribution < -0.4 is 10.6 Å². The van der Waals surface area contributed by atoms with E-state index >= 15 is 0 Å². The van der Waals surface area contributed by atoms with Gasteiger partial charge < -0.3 is 20.6 Å². The molecule has 1 fully saturated rings. The summed E-state index contributed by atoms with van der Waals surface area (Å²) in [5, 5.41) is 17.8. The summed E-state index contributed by atoms with van der Waals surface area (Å²) in [6, 6.07) is 16.0. The fraction of sp³-hybridized carbons (Fsp3) is 0.417. The smallest absolute Gasteiger partial charge is 0.251 e. The first-order valence-corrected chi connectivity index (χ1v) is 15.2. The molecular weight excluding hydrogens is 544 g/mol. The lowest BCUT2D eigenvalue weighted by Gasteiger charge is -2.27. The molecular formula is C36H43F2N3O2. The molecule has 0 spiro atoms. The van der Waals surface area contributed by atoms with Gasteiger partial charge >= 0.3 is 0 Å². The monoisotopic (exact) mass is 587 g/mol. The van der Waals surface area contributed by atoms with Crippen LogP contribution in [0.15, 0.2) is 60.7 Å². The fourth-order valence-electron chi connectivity index (χ4n) is 5.56. The number of aliphatic hydroxyl groups excluding tert-OH is 1. The molecule has 0 radical (unpaired) electrons. The molecule has 1 saturated carbocycles. The summed E-state index contributed by atoms with van der Waals surface area (Å²) in [6.45, 7) is 6.21. The molecule has 5 nitrogen and oxygen atoms in total. The molecule has 0 saturated heterocycles. The quantitative estimate of drug-likeness (QED) is 0.205. The average molecular weight is 588 g/mol. The van der Waals surface area contributed by atoms with Crippen LogP contribution in [0.25, 0.3) is 0 Å². The average Bonchev–Trinajstić information content (AvgIpc) is 3.78. The van der Waals surface area contributed by atoms with Crippen molar-refractivity contribution in [3.8, 4) is 12.3 Å². The van der Waals surface area contributed by atoms with E-state index in [0.29, 0.717) is 11.1 Å². The lowest BCUT2D eigenvalue weighted by molar-refractivity contribution is 0.0822. The Morgan fingerprint density at radius 3 is 2.49 bits per heavy atom. The molecule has 3 N–H and O–H groups in total. The molecule has 2 atom stereocenters. The number of hydrogen-bond donors (Lipinski definition) is 3. The molecule has 1 aliphatic carbocycles. The fourth-order valence-corrected chi connectivity index (χ4v) is 5.56. The Hall–Kier alpha value is -3.57. The molecule has 228 valence electrons. The van der Waals surface area contributed by atoms with E-state index in [9.17, 15) is 18.7 Å². The van der Waals surface area contributed by atoms with E-state index in [2.05, 4.69) is 41.5 Å². The zero-order chi connectivity index (χ0) is 31.0. The third kappa shape index (κ3) is 9.21. The number of aryl methyl sites for hydroxylation is 1. The Morgan fingerprint density at radius 2 is 1.81 bits per heavy atom. The van der Waals surface area contributed by atoms with Crippen molar-refractivity contribution in [2.45, 2.75) is 70.1 Å². The van der Waals surface area contributed by atoms with Gasteiger partial charge in [0, 0.05) is 35.8 Å². The second-order valence-electron chi connectivity index (χ2n) is 11.9. The summed E-state index contributed by atoms with van der Waals surface area (Å²) >= 11 is 0. The Kier molecular flexibility index (Phi) is 11.1. The number of halogens is 2. The third-order valence-electron chi connectivity index (χ3n) is 8.22. The predicted octanol–water partition coefficient (Wildman–Crippen LogP) is 5.51. The van der Waals surface area contributed by atoms with Crippen molar-refractivity contribution in [1.29, 1.82) is 0 Å². The van der Waals surface area contributed by atoms with Gasteiger partial charge in [0.1, 0.15) is 11.6 Å². The Bertz CT molecular complexity index is 1430. The summed E-state index contributed by atoms with van der Waals surface area (Å²) in [5.74, 6) is 0.918. The minimum absolute atomic E-state index is 0.0593. The standard InChI is InChI=1S/C36H43F2N3O2/c1-5-7-14-41(4)15-11-27-16-25(3)17-29(18-27)35(43)40-33(22-28-20-31(37)23-32(38)21-28)34(42)24-39-36(12-13-36)30-10-8-9-26(6-2)19-30/h2,8-10,16-21,23,33-34,39,42H,5,7,11-15,22,24H2,1,3-4H3,(H,40,43)/t33-,34+/m0/s1. The number of amides is 1. The van der Waals surface area contributed by atoms with Gasteiger partial charge in [-0.25, -0.2) is 8.78 Å². The molecule has 0 aliphatic heterocycles. The summed E-state index contributed by atoms with van der Waals surface area (Å²) in [7, 11) is 2.10. The van der Waals surface area contributed by atoms with E-state index in [1.807, 2.05) is 43.3 Å². The highest BCUT2D eigenvalue weighted by atomic mass is 19.1. The summed E-state index contributed by atoms with van der Waals surface area (Å²) < 4.78 is 28.1. The van der Waals surface area contributed by atoms with E-state index in [4.69, 9.17) is 6.42 Å². The van der Waals surface area contributed by atoms with Crippen molar-refractivity contribution in [3.63, 3.8) is 0 Å². The first-order valence-electron chi connectivity index (χ1n) is 15.2. The van der Waals surface area contributed by atoms with Gasteiger partial charge in [-0.3, -0.25) is 4.79 Å². The number of unbranched alkanes of at least 4 members (excludes halogenated alkanes) is 1. The topological polar surface area (TPSA) is 64.6 Å². The van der Waals surface area contributed by atoms with E-state index < -0.39 is 23.8 Å². The van der Waals surface area contributed by atoms with Gasteiger partial charge in [0.2, 0.25) is 0 Å². The Balaban J connectivity index is 1.49. The molecule has 3 aromatic rings. The normalized spacial score (nSPS) is 15.1. The number of nitrogens with zero attached hydrogens (tertiary/aromatic N) is 1. The maximum Gasteiger partial charge on any atom is 0.251 e. The largest absolute Gasteiger partial charge is 0.390 e. The molecule has 1 amide bonds. The van der Waals surface area contributed by atoms with Crippen LogP contribution in [-0.2, 0) is 18.4 Å². The molecule has 43 heavy (non-hydrogen) atoms. The number of rotatable bonds is 15. The molecule has 1 aliphatic rings. The lowest BCUT2D eigenvalue weighted by atomic mass is 9.98. The van der Waals surface area contributed by atoms with Gasteiger partial charge in [-0.15, -0.1) is 6.42 Å². The summed E-state index contributed by atoms with van der Waals surface area (Å²) in [5.41, 5.74) is 4.41. The Morgan fingerprint density at radius 1 is 1.07 bits per heavy atom. The maximum absolute atomic E-state index is 14.0. The van der Waals surface area contributed by atoms with E-state index in [1.54, 1.807) is 0 Å². The van der Waals surface area contributed by atoms with Crippen LogP contribution in [0.2, 0.25) is 0 Å². The number of benzene rings is 3. The van der Waals surface area contributed by atoms with Crippen molar-refractivity contribution in [1.82, 2.24) is 15.5 Å². The summed E-state index contributed by atoms with van der Waals surface area (Å²) in [6.07, 6.45) is 9.50. The molecule has 7 heteroatoms. The summed E-state index contributed by atoms with van der Waals surface area (Å²) in [4.78, 5) is 15.8. The minimum Gasteiger partial charge on any atom is -0.390 e. The highest BCUT2D eigenvalue weighted by Gasteiger charge is 2.44. The number of carbonyl (C=O) groups is 1. The predicted molar refractivity (Wildman–Crippen MR) is 168 cm³/mol. The third-order valence-corrected chi connectivity index (χ3v) is 8.22. The molecule has 0 bridgehead atoms. The lowest BCUT2D eigenvalue weighted by Crippen LogP contribution is -2.50. The van der Waals surface area contributed by atoms with Crippen molar-refractivity contribution in [3.05, 3.63) is 106 Å². The minimum atomic E-state index is -1.03. The van der Waals surface area contributed by atoms with Gasteiger partial charge in [0.15, 0.2) is 0 Å². The van der Waals surface area contributed by atoms with E-state index in [-0.39, 0.29) is 24.4 Å². The zero-order valence-corrected chi connectivity index (χ0v) is 25.4. The van der Waals surface area contributed by atoms with Crippen molar-refractivity contribution in [2.75, 3.05) is 26.7 Å². The maximum atomic E-state index is 14.0. The number of carbonyl (C=O) groups excluding carboxylic acids is 1. The molecule has 0 unspecified atom stereocenters. The van der Waals surface area contributed by atoms with Crippen molar-refractivity contribution >= 4 is 5.91 Å². The number of hydrogen-bond acceptors (Lipinski definition) is 4. The van der Waals surface area contributed by atoms with Crippen LogP contribution in [0.1, 0.15) is 70.8 Å². The van der Waals surface area contributed by atoms with Gasteiger partial charge in [-0.1, -0.05) is 43.0 Å². The molecule has 4 rings (SSSR count). The van der Waals surface area contributed by atoms with E-state index in [1.165, 1.54) is 12.1 Å². The second kappa shape index (κ2) is 14.7. The zero-order valence-electron chi connectivity index (χ0n) is 25.4. The van der Waals surface area contributed by atoms with Crippen LogP contribution in [0.4, 0.5) is 8.78 Å². The molecule has 3 aromatic carbocycles. The van der Waals surface area contributed by atoms with Crippen LogP contribution in [0.3, 0.4) is 0 Å². The van der Waals surface area contributed by atoms with E-state index in [0.717, 1.165) is 73.5 Å². The first kappa shape index (κ1) is 32.3. The van der Waals surface area contributed by atoms with Crippen LogP contribution in [0, 0.1) is 30.9 Å². The second-order valence-corrected chi connectivity index (χ2v) is 11.9. The Labute approximate surface area is 254 Å². The van der Waals surface area contributed by atoms with Crippen molar-refractivity contribution < 1.29 is 18.7 Å². The molecule has 0 heterocycles. The highest BCUT2D eigenvalue weighted by Crippen LogP contribution is 2.45. The number of likely N-dealkylation sites (N-methyl/N-ethyl adjacent to an activating group) is 1. The number of terminal acetylenes is 1. The molecule has 0 aromatic heterocycles. The van der Waals surface area contributed by atoms with Crippen LogP contribution in [0.5, 0.6) is 0 Å². The van der Waals surface area contributed by atoms with Gasteiger partial charge in [-0.05, 0) is 106 Å². The van der Waals surface area contributed by atoms with Crippen LogP contribution >= 0.6 is 0 Å². The number of nitrogens with one attached hydrogen (secondary N) is 2. The van der Waals surface area contributed by atoms with Gasteiger partial charge in [-0.2, -0.15) is 0 Å². The number of aliphatic hydroxyl groups is 1. The van der Waals surface area contributed by atoms with Gasteiger partial charge in [0.05, 0.1) is 12.1 Å². The van der Waals surface area contributed by atoms with Crippen LogP contribution in [-0.4, -0.2) is 54.7 Å². The van der Waals surface area contributed by atoms with Crippen molar-refractivity contribution in [2.24, 2.45) is 0 Å². The SMILES string of the molecule is C#Cc1cccc(C2(NC[C@@H](O)[C@H](Cc3cc(F)cc(F)c3)NC(=O)c3cc(C)cc(CCN(C)CCCC)c3)CC2)c1. The van der Waals surface area contributed by atoms with Gasteiger partial charge in [0.25, 0.3) is 5.91 Å².